The van der Waals surface area contributed by atoms with E-state index in [0.29, 0.717) is 23.1 Å². The van der Waals surface area contributed by atoms with Gasteiger partial charge in [-0.05, 0) is 0 Å². The molecule has 0 aliphatic rings. The monoisotopic (exact) mass is 219 g/mol. The Balaban J connectivity index is 2.45. The topological polar surface area (TPSA) is 54.9 Å². The Kier molecular flexibility index (Phi) is 4.11. The summed E-state index contributed by atoms with van der Waals surface area (Å²) in [4.78, 5) is 7.67. The zero-order valence-corrected chi connectivity index (χ0v) is 8.73. The van der Waals surface area contributed by atoms with E-state index in [0.717, 1.165) is 0 Å². The van der Waals surface area contributed by atoms with Crippen LogP contribution in [0.25, 0.3) is 0 Å². The molecular formula is C7H10ClN3OS. The number of nitrogens with zero attached hydrogens (tertiary/aromatic N) is 2. The van der Waals surface area contributed by atoms with Gasteiger partial charge in [-0.15, -0.1) is 0 Å². The summed E-state index contributed by atoms with van der Waals surface area (Å²) in [6, 6.07) is 0. The zero-order chi connectivity index (χ0) is 9.68. The van der Waals surface area contributed by atoms with Gasteiger partial charge in [-0.2, -0.15) is 0 Å². The van der Waals surface area contributed by atoms with Crippen LogP contribution in [0.2, 0.25) is 5.02 Å². The smallest absolute Gasteiger partial charge is 0.148 e. The molecule has 1 heterocycles. The van der Waals surface area contributed by atoms with E-state index in [4.69, 9.17) is 11.6 Å². The first-order chi connectivity index (χ1) is 6.20. The van der Waals surface area contributed by atoms with Gasteiger partial charge in [0, 0.05) is 29.4 Å². The van der Waals surface area contributed by atoms with Gasteiger partial charge < -0.3 is 5.32 Å². The Hall–Kier alpha value is -0.680. The van der Waals surface area contributed by atoms with Crippen molar-refractivity contribution in [1.29, 1.82) is 0 Å². The van der Waals surface area contributed by atoms with Crippen LogP contribution < -0.4 is 5.32 Å². The lowest BCUT2D eigenvalue weighted by Gasteiger charge is -2.04. The van der Waals surface area contributed by atoms with Gasteiger partial charge in [0.25, 0.3) is 0 Å². The predicted octanol–water partition coefficient (Wildman–Crippen LogP) is 0.920. The van der Waals surface area contributed by atoms with Crippen molar-refractivity contribution in [3.8, 4) is 0 Å². The number of rotatable bonds is 4. The Bertz CT molecular complexity index is 308. The minimum Gasteiger partial charge on any atom is -0.368 e. The molecule has 72 valence electrons. The number of halogens is 1. The van der Waals surface area contributed by atoms with Crippen molar-refractivity contribution in [2.45, 2.75) is 0 Å². The minimum atomic E-state index is -0.795. The Morgan fingerprint density at radius 1 is 1.69 bits per heavy atom. The average Bonchev–Trinajstić information content (AvgIpc) is 2.08. The molecule has 13 heavy (non-hydrogen) atoms. The van der Waals surface area contributed by atoms with E-state index in [2.05, 4.69) is 15.3 Å². The van der Waals surface area contributed by atoms with Crippen LogP contribution in [0.5, 0.6) is 0 Å². The minimum absolute atomic E-state index is 0.476. The van der Waals surface area contributed by atoms with Crippen LogP contribution in [0.4, 0.5) is 5.82 Å². The molecular weight excluding hydrogens is 210 g/mol. The first-order valence-corrected chi connectivity index (χ1v) is 5.80. The molecule has 1 aromatic rings. The van der Waals surface area contributed by atoms with Gasteiger partial charge >= 0.3 is 0 Å². The molecule has 0 radical (unpaired) electrons. The molecule has 0 aliphatic heterocycles. The SMILES string of the molecule is CS(=O)CCNc1ncncc1Cl. The molecule has 0 aromatic carbocycles. The molecule has 0 fully saturated rings. The molecule has 0 amide bonds. The number of anilines is 1. The van der Waals surface area contributed by atoms with Gasteiger partial charge in [-0.3, -0.25) is 4.21 Å². The van der Waals surface area contributed by atoms with Crippen LogP contribution in [0, 0.1) is 0 Å². The van der Waals surface area contributed by atoms with Gasteiger partial charge in [0.05, 0.1) is 6.20 Å². The lowest BCUT2D eigenvalue weighted by atomic mass is 10.5. The maximum absolute atomic E-state index is 10.7. The molecule has 1 atom stereocenters. The summed E-state index contributed by atoms with van der Waals surface area (Å²) in [5.41, 5.74) is 0. The summed E-state index contributed by atoms with van der Waals surface area (Å²) in [6.45, 7) is 0.597. The third kappa shape index (κ3) is 3.69. The fraction of sp³-hybridized carbons (Fsp3) is 0.429. The molecule has 1 rings (SSSR count). The van der Waals surface area contributed by atoms with Gasteiger partial charge in [0.1, 0.15) is 17.2 Å². The Labute approximate surface area is 84.2 Å². The van der Waals surface area contributed by atoms with Crippen LogP contribution >= 0.6 is 11.6 Å². The van der Waals surface area contributed by atoms with Crippen molar-refractivity contribution < 1.29 is 4.21 Å². The second-order valence-electron chi connectivity index (χ2n) is 2.42. The number of hydrogen-bond donors (Lipinski definition) is 1. The molecule has 1 unspecified atom stereocenters. The van der Waals surface area contributed by atoms with Crippen molar-refractivity contribution in [3.63, 3.8) is 0 Å². The number of nitrogens with one attached hydrogen (secondary N) is 1. The van der Waals surface area contributed by atoms with Gasteiger partial charge in [0.15, 0.2) is 0 Å². The lowest BCUT2D eigenvalue weighted by Crippen LogP contribution is -2.11. The fourth-order valence-corrected chi connectivity index (χ4v) is 1.32. The van der Waals surface area contributed by atoms with Crippen LogP contribution in [-0.2, 0) is 10.8 Å². The summed E-state index contributed by atoms with van der Waals surface area (Å²) in [6.07, 6.45) is 4.58. The number of hydrogen-bond acceptors (Lipinski definition) is 4. The summed E-state index contributed by atoms with van der Waals surface area (Å²) in [5.74, 6) is 1.17. The lowest BCUT2D eigenvalue weighted by molar-refractivity contribution is 0.687. The molecule has 0 saturated carbocycles. The largest absolute Gasteiger partial charge is 0.368 e. The van der Waals surface area contributed by atoms with Crippen LogP contribution in [0.3, 0.4) is 0 Å². The van der Waals surface area contributed by atoms with Crippen molar-refractivity contribution in [2.75, 3.05) is 23.9 Å². The standard InChI is InChI=1S/C7H10ClN3OS/c1-13(12)3-2-10-7-6(8)4-9-5-11-7/h4-5H,2-3H2,1H3,(H,9,10,11). The van der Waals surface area contributed by atoms with E-state index < -0.39 is 10.8 Å². The maximum Gasteiger partial charge on any atom is 0.148 e. The molecule has 6 heteroatoms. The van der Waals surface area contributed by atoms with Crippen molar-refractivity contribution in [3.05, 3.63) is 17.5 Å². The van der Waals surface area contributed by atoms with E-state index in [1.54, 1.807) is 6.26 Å². The van der Waals surface area contributed by atoms with Crippen molar-refractivity contribution in [1.82, 2.24) is 9.97 Å². The zero-order valence-electron chi connectivity index (χ0n) is 7.16. The average molecular weight is 220 g/mol. The van der Waals surface area contributed by atoms with E-state index in [9.17, 15) is 4.21 Å². The second-order valence-corrected chi connectivity index (χ2v) is 4.39. The van der Waals surface area contributed by atoms with Gasteiger partial charge in [-0.25, -0.2) is 9.97 Å². The quantitative estimate of drug-likeness (QED) is 0.819. The van der Waals surface area contributed by atoms with Crippen LogP contribution in [0.15, 0.2) is 12.5 Å². The highest BCUT2D eigenvalue weighted by Crippen LogP contribution is 2.15. The summed E-state index contributed by atoms with van der Waals surface area (Å²) in [7, 11) is -0.795. The third-order valence-corrected chi connectivity index (χ3v) is 2.41. The summed E-state index contributed by atoms with van der Waals surface area (Å²) in [5, 5.41) is 3.44. The van der Waals surface area contributed by atoms with E-state index in [1.165, 1.54) is 12.5 Å². The van der Waals surface area contributed by atoms with Crippen molar-refractivity contribution >= 4 is 28.2 Å². The summed E-state index contributed by atoms with van der Waals surface area (Å²) < 4.78 is 10.7. The first-order valence-electron chi connectivity index (χ1n) is 3.69. The van der Waals surface area contributed by atoms with Gasteiger partial charge in [-0.1, -0.05) is 11.6 Å². The maximum atomic E-state index is 10.7. The van der Waals surface area contributed by atoms with Crippen LogP contribution in [0.1, 0.15) is 0 Å². The molecule has 0 bridgehead atoms. The fourth-order valence-electron chi connectivity index (χ4n) is 0.756. The first kappa shape index (κ1) is 10.4. The molecule has 0 aliphatic carbocycles. The highest BCUT2D eigenvalue weighted by Gasteiger charge is 1.99. The normalized spacial score (nSPS) is 12.5. The van der Waals surface area contributed by atoms with Crippen molar-refractivity contribution in [2.24, 2.45) is 0 Å². The molecule has 4 nitrogen and oxygen atoms in total. The summed E-state index contributed by atoms with van der Waals surface area (Å²) >= 11 is 5.78. The molecule has 1 N–H and O–H groups in total. The van der Waals surface area contributed by atoms with Gasteiger partial charge in [0.2, 0.25) is 0 Å². The highest BCUT2D eigenvalue weighted by molar-refractivity contribution is 7.84. The highest BCUT2D eigenvalue weighted by atomic mass is 35.5. The van der Waals surface area contributed by atoms with E-state index in [-0.39, 0.29) is 0 Å². The second kappa shape index (κ2) is 5.14. The Morgan fingerprint density at radius 3 is 3.08 bits per heavy atom. The molecule has 0 saturated heterocycles. The Morgan fingerprint density at radius 2 is 2.46 bits per heavy atom. The third-order valence-electron chi connectivity index (χ3n) is 1.35. The van der Waals surface area contributed by atoms with E-state index >= 15 is 0 Å². The van der Waals surface area contributed by atoms with E-state index in [1.807, 2.05) is 0 Å². The van der Waals surface area contributed by atoms with Crippen LogP contribution in [-0.4, -0.2) is 32.7 Å². The predicted molar refractivity (Wildman–Crippen MR) is 54.5 cm³/mol. The molecule has 1 aromatic heterocycles. The number of aromatic nitrogens is 2. The molecule has 0 spiro atoms.